The number of aromatic nitrogens is 2. The molecule has 4 fully saturated rings. The number of fused-ring (bicyclic) bond motifs is 5. The van der Waals surface area contributed by atoms with Crippen LogP contribution in [-0.2, 0) is 0 Å². The average molecular weight is 540 g/mol. The molecule has 206 valence electrons. The summed E-state index contributed by atoms with van der Waals surface area (Å²) in [5, 5.41) is 17.1. The first kappa shape index (κ1) is 24.3. The molecule has 2 bridgehead atoms. The maximum atomic E-state index is 14.5. The molecule has 0 radical (unpaired) electrons. The monoisotopic (exact) mass is 539 g/mol. The summed E-state index contributed by atoms with van der Waals surface area (Å²) in [6, 6.07) is 18.7. The number of nitrogens with zero attached hydrogens (tertiary/aromatic N) is 4. The molecule has 6 heterocycles. The van der Waals surface area contributed by atoms with E-state index in [1.54, 1.807) is 12.1 Å². The quantitative estimate of drug-likeness (QED) is 0.368. The number of anilines is 1. The van der Waals surface area contributed by atoms with Crippen LogP contribution in [-0.4, -0.2) is 76.6 Å². The third kappa shape index (κ3) is 4.08. The predicted octanol–water partition coefficient (Wildman–Crippen LogP) is 5.05. The van der Waals surface area contributed by atoms with Crippen molar-refractivity contribution in [3.63, 3.8) is 0 Å². The van der Waals surface area contributed by atoms with Crippen molar-refractivity contribution in [1.29, 1.82) is 0 Å². The zero-order valence-electron chi connectivity index (χ0n) is 22.5. The van der Waals surface area contributed by atoms with Crippen LogP contribution in [0.2, 0.25) is 0 Å². The second kappa shape index (κ2) is 9.28. The van der Waals surface area contributed by atoms with Gasteiger partial charge in [0, 0.05) is 43.7 Å². The van der Waals surface area contributed by atoms with Crippen LogP contribution in [0.3, 0.4) is 0 Å². The Bertz CT molecular complexity index is 1600. The molecule has 4 aliphatic rings. The Balaban J connectivity index is 1.23. The second-order valence-corrected chi connectivity index (χ2v) is 12.2. The average Bonchev–Trinajstić information content (AvgIpc) is 3.61. The molecule has 4 aliphatic heterocycles. The van der Waals surface area contributed by atoms with Gasteiger partial charge in [0.15, 0.2) is 0 Å². The van der Waals surface area contributed by atoms with Gasteiger partial charge in [0.2, 0.25) is 5.88 Å². The van der Waals surface area contributed by atoms with Crippen molar-refractivity contribution in [3.8, 4) is 22.9 Å². The highest BCUT2D eigenvalue weighted by atomic mass is 19.1. The molecule has 4 aromatic rings. The van der Waals surface area contributed by atoms with Crippen LogP contribution in [0.1, 0.15) is 32.1 Å². The molecule has 2 aromatic carbocycles. The molecule has 40 heavy (non-hydrogen) atoms. The van der Waals surface area contributed by atoms with E-state index < -0.39 is 6.17 Å². The number of halogens is 1. The van der Waals surface area contributed by atoms with Gasteiger partial charge in [-0.25, -0.2) is 14.4 Å². The highest BCUT2D eigenvalue weighted by Crippen LogP contribution is 2.42. The molecule has 0 spiro atoms. The van der Waals surface area contributed by atoms with Crippen molar-refractivity contribution < 1.29 is 14.2 Å². The standard InChI is InChI=1S/C32H34FN5O2/c33-21-15-32(10-3-11-38(32)16-21)19-40-31-26-8-9-30(37-17-22-6-7-23(18-37)34-22)35-28(26)14-29(36-31)27-13-24(39)12-20-4-1-2-5-25(20)27/h1-2,4-5,8-9,12-14,21-23,34,39H,3,6-7,10-11,15-19H2/t21-,22?,23?,32+/m1/s1. The van der Waals surface area contributed by atoms with Gasteiger partial charge in [-0.2, -0.15) is 0 Å². The number of pyridine rings is 2. The lowest BCUT2D eigenvalue weighted by molar-refractivity contribution is 0.112. The van der Waals surface area contributed by atoms with Crippen LogP contribution in [0.4, 0.5) is 10.2 Å². The van der Waals surface area contributed by atoms with Crippen molar-refractivity contribution in [2.75, 3.05) is 37.7 Å². The number of benzene rings is 2. The zero-order valence-corrected chi connectivity index (χ0v) is 22.5. The fraction of sp³-hybridized carbons (Fsp3) is 0.438. The SMILES string of the molecule is Oc1cc(-c2cc3nc(N4CC5CCC(C4)N5)ccc3c(OC[C@@]34CCCN3C[C@H](F)C4)n2)c2ccccc2c1. The number of ether oxygens (including phenoxy) is 1. The molecular weight excluding hydrogens is 505 g/mol. The molecule has 8 heteroatoms. The summed E-state index contributed by atoms with van der Waals surface area (Å²) >= 11 is 0. The molecule has 0 amide bonds. The fourth-order valence-electron chi connectivity index (χ4n) is 7.65. The number of rotatable bonds is 5. The fourth-order valence-corrected chi connectivity index (χ4v) is 7.65. The van der Waals surface area contributed by atoms with Crippen LogP contribution in [0, 0.1) is 0 Å². The van der Waals surface area contributed by atoms with E-state index in [1.807, 2.05) is 30.3 Å². The molecule has 0 aliphatic carbocycles. The zero-order chi connectivity index (χ0) is 26.8. The Kier molecular flexibility index (Phi) is 5.64. The summed E-state index contributed by atoms with van der Waals surface area (Å²) in [5.41, 5.74) is 2.08. The molecule has 2 unspecified atom stereocenters. The van der Waals surface area contributed by atoms with Crippen molar-refractivity contribution >= 4 is 27.5 Å². The topological polar surface area (TPSA) is 73.8 Å². The highest BCUT2D eigenvalue weighted by Gasteiger charge is 2.49. The Labute approximate surface area is 233 Å². The number of piperazine rings is 1. The van der Waals surface area contributed by atoms with Crippen LogP contribution in [0.15, 0.2) is 54.6 Å². The number of phenols is 1. The summed E-state index contributed by atoms with van der Waals surface area (Å²) in [6.07, 6.45) is 4.13. The Morgan fingerprint density at radius 2 is 1.85 bits per heavy atom. The number of alkyl halides is 1. The molecule has 0 saturated carbocycles. The van der Waals surface area contributed by atoms with Gasteiger partial charge in [0.1, 0.15) is 24.3 Å². The van der Waals surface area contributed by atoms with Gasteiger partial charge in [-0.15, -0.1) is 0 Å². The molecule has 2 aromatic heterocycles. The van der Waals surface area contributed by atoms with E-state index in [0.717, 1.165) is 65.5 Å². The second-order valence-electron chi connectivity index (χ2n) is 12.2. The van der Waals surface area contributed by atoms with Gasteiger partial charge in [0.05, 0.1) is 22.1 Å². The van der Waals surface area contributed by atoms with E-state index in [9.17, 15) is 9.50 Å². The smallest absolute Gasteiger partial charge is 0.223 e. The van der Waals surface area contributed by atoms with E-state index in [4.69, 9.17) is 14.7 Å². The summed E-state index contributed by atoms with van der Waals surface area (Å²) in [5.74, 6) is 1.67. The van der Waals surface area contributed by atoms with Crippen LogP contribution >= 0.6 is 0 Å². The van der Waals surface area contributed by atoms with Crippen molar-refractivity contribution in [3.05, 3.63) is 54.6 Å². The Hall–Kier alpha value is -3.49. The third-order valence-electron chi connectivity index (χ3n) is 9.54. The Morgan fingerprint density at radius 1 is 1.00 bits per heavy atom. The first-order valence-electron chi connectivity index (χ1n) is 14.6. The number of aromatic hydroxyl groups is 1. The van der Waals surface area contributed by atoms with E-state index >= 15 is 0 Å². The van der Waals surface area contributed by atoms with Crippen molar-refractivity contribution in [2.24, 2.45) is 0 Å². The summed E-state index contributed by atoms with van der Waals surface area (Å²) in [7, 11) is 0. The van der Waals surface area contributed by atoms with Crippen LogP contribution in [0.5, 0.6) is 11.6 Å². The summed E-state index contributed by atoms with van der Waals surface area (Å²) in [4.78, 5) is 14.8. The lowest BCUT2D eigenvalue weighted by Gasteiger charge is -2.34. The van der Waals surface area contributed by atoms with E-state index in [1.165, 1.54) is 12.8 Å². The predicted molar refractivity (Wildman–Crippen MR) is 155 cm³/mol. The normalized spacial score (nSPS) is 28.0. The van der Waals surface area contributed by atoms with E-state index in [-0.39, 0.29) is 11.3 Å². The van der Waals surface area contributed by atoms with Gasteiger partial charge in [-0.3, -0.25) is 4.90 Å². The number of hydrogen-bond donors (Lipinski definition) is 2. The minimum absolute atomic E-state index is 0.191. The first-order chi connectivity index (χ1) is 19.5. The molecule has 2 N–H and O–H groups in total. The molecule has 7 nitrogen and oxygen atoms in total. The van der Waals surface area contributed by atoms with Gasteiger partial charge in [-0.05, 0) is 73.3 Å². The first-order valence-corrected chi connectivity index (χ1v) is 14.6. The van der Waals surface area contributed by atoms with Gasteiger partial charge < -0.3 is 20.1 Å². The van der Waals surface area contributed by atoms with Gasteiger partial charge in [-0.1, -0.05) is 24.3 Å². The summed E-state index contributed by atoms with van der Waals surface area (Å²) < 4.78 is 21.0. The van der Waals surface area contributed by atoms with Crippen molar-refractivity contribution in [1.82, 2.24) is 20.2 Å². The summed E-state index contributed by atoms with van der Waals surface area (Å²) in [6.45, 7) is 3.73. The molecular formula is C32H34FN5O2. The van der Waals surface area contributed by atoms with Crippen LogP contribution < -0.4 is 15.0 Å². The molecule has 8 rings (SSSR count). The number of hydrogen-bond acceptors (Lipinski definition) is 7. The van der Waals surface area contributed by atoms with E-state index in [0.29, 0.717) is 43.2 Å². The largest absolute Gasteiger partial charge is 0.508 e. The van der Waals surface area contributed by atoms with Crippen LogP contribution in [0.25, 0.3) is 32.9 Å². The number of phenolic OH excluding ortho intramolecular Hbond substituents is 1. The number of nitrogens with one attached hydrogen (secondary N) is 1. The minimum atomic E-state index is -0.808. The molecule has 4 atom stereocenters. The van der Waals surface area contributed by atoms with E-state index in [2.05, 4.69) is 27.2 Å². The highest BCUT2D eigenvalue weighted by molar-refractivity contribution is 5.99. The maximum Gasteiger partial charge on any atom is 0.223 e. The van der Waals surface area contributed by atoms with Gasteiger partial charge in [0.25, 0.3) is 0 Å². The maximum absolute atomic E-state index is 14.5. The molecule has 4 saturated heterocycles. The van der Waals surface area contributed by atoms with Crippen molar-refractivity contribution in [2.45, 2.75) is 55.9 Å². The lowest BCUT2D eigenvalue weighted by Crippen LogP contribution is -2.51. The Morgan fingerprint density at radius 3 is 2.73 bits per heavy atom. The third-order valence-corrected chi connectivity index (χ3v) is 9.54. The lowest BCUT2D eigenvalue weighted by atomic mass is 9.95. The van der Waals surface area contributed by atoms with Gasteiger partial charge >= 0.3 is 0 Å². The minimum Gasteiger partial charge on any atom is -0.508 e.